The number of rotatable bonds is 1. The number of piperidine rings is 1. The fourth-order valence-corrected chi connectivity index (χ4v) is 4.70. The molecule has 2 heterocycles. The predicted octanol–water partition coefficient (Wildman–Crippen LogP) is 2.84. The summed E-state index contributed by atoms with van der Waals surface area (Å²) in [4.78, 5) is 8.22. The summed E-state index contributed by atoms with van der Waals surface area (Å²) in [7, 11) is 0. The van der Waals surface area contributed by atoms with E-state index in [9.17, 15) is 0 Å². The molecule has 18 heavy (non-hydrogen) atoms. The third-order valence-electron chi connectivity index (χ3n) is 4.69. The lowest BCUT2D eigenvalue weighted by Crippen LogP contribution is -2.46. The van der Waals surface area contributed by atoms with E-state index in [4.69, 9.17) is 17.3 Å². The van der Waals surface area contributed by atoms with Crippen LogP contribution in [-0.4, -0.2) is 29.0 Å². The van der Waals surface area contributed by atoms with Crippen molar-refractivity contribution in [2.45, 2.75) is 45.2 Å². The summed E-state index contributed by atoms with van der Waals surface area (Å²) in [6, 6.07) is 0.786. The monoisotopic (exact) mass is 285 g/mol. The predicted molar refractivity (Wildman–Crippen MR) is 76.1 cm³/mol. The summed E-state index contributed by atoms with van der Waals surface area (Å²) < 4.78 is 0.643. The third kappa shape index (κ3) is 1.90. The number of aromatic nitrogens is 1. The summed E-state index contributed by atoms with van der Waals surface area (Å²) in [5.41, 5.74) is 7.90. The molecule has 1 aliphatic heterocycles. The van der Waals surface area contributed by atoms with Crippen molar-refractivity contribution in [3.8, 4) is 0 Å². The molecule has 0 radical (unpaired) electrons. The van der Waals surface area contributed by atoms with E-state index in [0.717, 1.165) is 25.2 Å². The van der Waals surface area contributed by atoms with Crippen molar-refractivity contribution in [1.82, 2.24) is 9.88 Å². The van der Waals surface area contributed by atoms with Crippen LogP contribution in [-0.2, 0) is 6.42 Å². The molecule has 1 atom stereocenters. The Hall–Kier alpha value is -0.160. The average Bonchev–Trinajstić information content (AvgIpc) is 2.78. The molecule has 1 spiro atoms. The molecule has 2 N–H and O–H groups in total. The van der Waals surface area contributed by atoms with Crippen molar-refractivity contribution >= 4 is 22.9 Å². The maximum absolute atomic E-state index is 6.48. The van der Waals surface area contributed by atoms with Crippen molar-refractivity contribution in [3.63, 3.8) is 0 Å². The number of nitrogens with two attached hydrogens (primary N) is 1. The molecule has 0 bridgehead atoms. The van der Waals surface area contributed by atoms with E-state index in [1.807, 2.05) is 0 Å². The first-order valence-electron chi connectivity index (χ1n) is 6.66. The van der Waals surface area contributed by atoms with E-state index < -0.39 is 0 Å². The van der Waals surface area contributed by atoms with Gasteiger partial charge in [-0.05, 0) is 51.6 Å². The molecule has 3 rings (SSSR count). The maximum atomic E-state index is 6.48. The highest BCUT2D eigenvalue weighted by Crippen LogP contribution is 2.52. The minimum atomic E-state index is 0.145. The van der Waals surface area contributed by atoms with Crippen LogP contribution in [0.3, 0.4) is 0 Å². The van der Waals surface area contributed by atoms with Crippen LogP contribution >= 0.6 is 22.9 Å². The molecule has 3 nitrogen and oxygen atoms in total. The van der Waals surface area contributed by atoms with Gasteiger partial charge in [0.15, 0.2) is 4.47 Å². The van der Waals surface area contributed by atoms with E-state index in [2.05, 4.69) is 23.7 Å². The second-order valence-corrected chi connectivity index (χ2v) is 7.54. The Bertz CT molecular complexity index is 449. The lowest BCUT2D eigenvalue weighted by atomic mass is 9.73. The fraction of sp³-hybridized carbons (Fsp3) is 0.769. The van der Waals surface area contributed by atoms with E-state index in [1.165, 1.54) is 17.7 Å². The van der Waals surface area contributed by atoms with Crippen LogP contribution in [0.2, 0.25) is 4.47 Å². The minimum absolute atomic E-state index is 0.145. The van der Waals surface area contributed by atoms with Gasteiger partial charge in [0.25, 0.3) is 0 Å². The molecule has 1 aromatic rings. The first-order valence-corrected chi connectivity index (χ1v) is 7.86. The van der Waals surface area contributed by atoms with Crippen LogP contribution in [0, 0.1) is 5.41 Å². The number of thiazole rings is 1. The summed E-state index contributed by atoms with van der Waals surface area (Å²) in [6.07, 6.45) is 3.40. The van der Waals surface area contributed by atoms with Gasteiger partial charge in [-0.15, -0.1) is 11.3 Å². The SMILES string of the molecule is CC(C)N1CCC2(CC1)Cc1nc(Cl)sc1[C@@H]2N. The summed E-state index contributed by atoms with van der Waals surface area (Å²) in [5, 5.41) is 0. The number of nitrogens with zero attached hydrogens (tertiary/aromatic N) is 2. The molecule has 1 aliphatic carbocycles. The third-order valence-corrected chi connectivity index (χ3v) is 5.97. The zero-order chi connectivity index (χ0) is 12.9. The molecular weight excluding hydrogens is 266 g/mol. The molecule has 0 aromatic carbocycles. The van der Waals surface area contributed by atoms with Crippen LogP contribution in [0.15, 0.2) is 0 Å². The Morgan fingerprint density at radius 2 is 2.11 bits per heavy atom. The highest BCUT2D eigenvalue weighted by atomic mass is 35.5. The molecule has 1 aromatic heterocycles. The lowest BCUT2D eigenvalue weighted by molar-refractivity contribution is 0.0711. The molecule has 2 aliphatic rings. The van der Waals surface area contributed by atoms with Gasteiger partial charge in [0.2, 0.25) is 0 Å². The van der Waals surface area contributed by atoms with Gasteiger partial charge in [-0.25, -0.2) is 4.98 Å². The summed E-state index contributed by atoms with van der Waals surface area (Å²) in [6.45, 7) is 6.86. The van der Waals surface area contributed by atoms with Gasteiger partial charge in [-0.2, -0.15) is 0 Å². The Morgan fingerprint density at radius 3 is 2.67 bits per heavy atom. The molecule has 5 heteroatoms. The fourth-order valence-electron chi connectivity index (χ4n) is 3.40. The Labute approximate surface area is 117 Å². The van der Waals surface area contributed by atoms with Gasteiger partial charge < -0.3 is 10.6 Å². The molecule has 0 unspecified atom stereocenters. The van der Waals surface area contributed by atoms with Gasteiger partial charge >= 0.3 is 0 Å². The van der Waals surface area contributed by atoms with Crippen LogP contribution in [0.25, 0.3) is 0 Å². The van der Waals surface area contributed by atoms with Crippen LogP contribution < -0.4 is 5.73 Å². The van der Waals surface area contributed by atoms with Gasteiger partial charge in [0.05, 0.1) is 5.69 Å². The van der Waals surface area contributed by atoms with Crippen molar-refractivity contribution in [3.05, 3.63) is 15.0 Å². The number of hydrogen-bond acceptors (Lipinski definition) is 4. The van der Waals surface area contributed by atoms with E-state index >= 15 is 0 Å². The first-order chi connectivity index (χ1) is 8.52. The standard InChI is InChI=1S/C13H20ClN3S/c1-8(2)17-5-3-13(4-6-17)7-9-10(11(13)15)18-12(14)16-9/h8,11H,3-7,15H2,1-2H3/t11-/m0/s1. The zero-order valence-corrected chi connectivity index (χ0v) is 12.5. The van der Waals surface area contributed by atoms with Gasteiger partial charge in [0.1, 0.15) is 0 Å². The number of likely N-dealkylation sites (tertiary alicyclic amines) is 1. The Morgan fingerprint density at radius 1 is 1.44 bits per heavy atom. The highest BCUT2D eigenvalue weighted by Gasteiger charge is 2.48. The maximum Gasteiger partial charge on any atom is 0.184 e. The van der Waals surface area contributed by atoms with E-state index in [1.54, 1.807) is 11.3 Å². The smallest absolute Gasteiger partial charge is 0.184 e. The number of hydrogen-bond donors (Lipinski definition) is 1. The van der Waals surface area contributed by atoms with E-state index in [-0.39, 0.29) is 11.5 Å². The van der Waals surface area contributed by atoms with Gasteiger partial charge in [-0.1, -0.05) is 11.6 Å². The molecule has 1 saturated heterocycles. The van der Waals surface area contributed by atoms with Crippen LogP contribution in [0.4, 0.5) is 0 Å². The van der Waals surface area contributed by atoms with Crippen LogP contribution in [0.1, 0.15) is 43.3 Å². The Balaban J connectivity index is 1.78. The van der Waals surface area contributed by atoms with Crippen molar-refractivity contribution < 1.29 is 0 Å². The Kier molecular flexibility index (Phi) is 3.17. The second-order valence-electron chi connectivity index (χ2n) is 5.92. The van der Waals surface area contributed by atoms with Crippen molar-refractivity contribution in [2.24, 2.45) is 11.1 Å². The van der Waals surface area contributed by atoms with E-state index in [0.29, 0.717) is 10.5 Å². The largest absolute Gasteiger partial charge is 0.323 e. The highest BCUT2D eigenvalue weighted by molar-refractivity contribution is 7.16. The lowest BCUT2D eigenvalue weighted by Gasteiger charge is -2.43. The molecular formula is C13H20ClN3S. The summed E-state index contributed by atoms with van der Waals surface area (Å²) >= 11 is 7.55. The van der Waals surface area contributed by atoms with Gasteiger partial charge in [-0.3, -0.25) is 0 Å². The van der Waals surface area contributed by atoms with Crippen molar-refractivity contribution in [1.29, 1.82) is 0 Å². The minimum Gasteiger partial charge on any atom is -0.323 e. The van der Waals surface area contributed by atoms with Crippen molar-refractivity contribution in [2.75, 3.05) is 13.1 Å². The quantitative estimate of drug-likeness (QED) is 0.863. The average molecular weight is 286 g/mol. The normalized spacial score (nSPS) is 27.1. The number of halogens is 1. The topological polar surface area (TPSA) is 42.2 Å². The molecule has 0 saturated carbocycles. The summed E-state index contributed by atoms with van der Waals surface area (Å²) in [5.74, 6) is 0. The van der Waals surface area contributed by atoms with Crippen LogP contribution in [0.5, 0.6) is 0 Å². The molecule has 0 amide bonds. The number of fused-ring (bicyclic) bond motifs is 1. The second kappa shape index (κ2) is 4.44. The molecule has 100 valence electrons. The van der Waals surface area contributed by atoms with Gasteiger partial charge in [0, 0.05) is 17.0 Å². The molecule has 1 fully saturated rings. The zero-order valence-electron chi connectivity index (χ0n) is 10.9. The first kappa shape index (κ1) is 12.9.